The lowest BCUT2D eigenvalue weighted by Gasteiger charge is -2.28. The van der Waals surface area contributed by atoms with Gasteiger partial charge < -0.3 is 14.5 Å². The van der Waals surface area contributed by atoms with Gasteiger partial charge in [-0.2, -0.15) is 0 Å². The number of hydrogen-bond acceptors (Lipinski definition) is 3. The molecule has 0 fully saturated rings. The first-order valence-corrected chi connectivity index (χ1v) is 12.0. The van der Waals surface area contributed by atoms with Crippen LogP contribution in [0.2, 0.25) is 0 Å². The Hall–Kier alpha value is -2.39. The molecule has 0 aliphatic carbocycles. The van der Waals surface area contributed by atoms with Crippen molar-refractivity contribution in [2.24, 2.45) is 0 Å². The maximum Gasteiger partial charge on any atom is 0.316 e. The zero-order chi connectivity index (χ0) is 23.9. The highest BCUT2D eigenvalue weighted by Gasteiger charge is 2.26. The summed E-state index contributed by atoms with van der Waals surface area (Å²) in [5.74, 6) is 0.297. The number of hydrogen-bond donors (Lipinski definition) is 2. The average Bonchev–Trinajstić information content (AvgIpc) is 2.73. The van der Waals surface area contributed by atoms with Gasteiger partial charge in [-0.1, -0.05) is 102 Å². The lowest BCUT2D eigenvalue weighted by molar-refractivity contribution is 0.272. The minimum absolute atomic E-state index is 0.0702. The Kier molecular flexibility index (Phi) is 8.86. The van der Waals surface area contributed by atoms with E-state index in [9.17, 15) is 9.67 Å². The summed E-state index contributed by atoms with van der Waals surface area (Å²) in [6.45, 7) is 12.2. The highest BCUT2D eigenvalue weighted by atomic mass is 31.1. The minimum atomic E-state index is -2.95. The van der Waals surface area contributed by atoms with Crippen LogP contribution in [-0.4, -0.2) is 10.00 Å². The Bertz CT molecular complexity index is 945. The Morgan fingerprint density at radius 3 is 1.44 bits per heavy atom. The van der Waals surface area contributed by atoms with E-state index in [-0.39, 0.29) is 17.4 Å². The van der Waals surface area contributed by atoms with Crippen LogP contribution in [0.1, 0.15) is 58.2 Å². The van der Waals surface area contributed by atoms with Gasteiger partial charge in [0, 0.05) is 0 Å². The van der Waals surface area contributed by atoms with E-state index >= 15 is 0 Å². The molecule has 32 heavy (non-hydrogen) atoms. The standard InChI is InChI=1S/C15H25O4P.C12H10/c1-14(2,3)11-7-10(9-19-20(17)18)8-12(13(11)16)15(4,5)6;1-3-7-11(8-4-1)12-9-5-2-6-10-12/h7-8,16,20H,9H2,1-6H3,(H,17,18);1-10H. The zero-order valence-corrected chi connectivity index (χ0v) is 20.8. The third-order valence-corrected chi connectivity index (χ3v) is 5.42. The van der Waals surface area contributed by atoms with E-state index in [1.54, 1.807) is 0 Å². The molecule has 4 nitrogen and oxygen atoms in total. The summed E-state index contributed by atoms with van der Waals surface area (Å²) >= 11 is 0. The fourth-order valence-corrected chi connectivity index (χ4v) is 3.62. The van der Waals surface area contributed by atoms with Crippen LogP contribution in [0.4, 0.5) is 0 Å². The van der Waals surface area contributed by atoms with E-state index in [0.717, 1.165) is 16.7 Å². The summed E-state index contributed by atoms with van der Waals surface area (Å²) in [6, 6.07) is 24.5. The second kappa shape index (κ2) is 11.0. The molecule has 3 aromatic rings. The molecule has 0 aliphatic rings. The maximum atomic E-state index is 10.7. The molecular formula is C27H35O4P. The van der Waals surface area contributed by atoms with E-state index in [4.69, 9.17) is 9.42 Å². The molecule has 3 aromatic carbocycles. The molecule has 0 amide bonds. The summed E-state index contributed by atoms with van der Waals surface area (Å²) in [5.41, 5.74) is 4.55. The van der Waals surface area contributed by atoms with Crippen LogP contribution in [0.3, 0.4) is 0 Å². The number of rotatable bonds is 4. The van der Waals surface area contributed by atoms with Crippen molar-refractivity contribution in [1.29, 1.82) is 0 Å². The molecule has 0 spiro atoms. The summed E-state index contributed by atoms with van der Waals surface area (Å²) < 4.78 is 15.5. The molecule has 0 saturated heterocycles. The smallest absolute Gasteiger partial charge is 0.316 e. The number of benzene rings is 3. The summed E-state index contributed by atoms with van der Waals surface area (Å²) in [6.07, 6.45) is 0. The number of aromatic hydroxyl groups is 1. The molecule has 2 N–H and O–H groups in total. The number of phenols is 1. The fraction of sp³-hybridized carbons (Fsp3) is 0.333. The largest absolute Gasteiger partial charge is 0.507 e. The van der Waals surface area contributed by atoms with E-state index in [1.807, 2.05) is 65.8 Å². The van der Waals surface area contributed by atoms with Gasteiger partial charge in [-0.15, -0.1) is 0 Å². The molecule has 0 aliphatic heterocycles. The van der Waals surface area contributed by atoms with Crippen molar-refractivity contribution in [3.63, 3.8) is 0 Å². The van der Waals surface area contributed by atoms with Gasteiger partial charge in [0.1, 0.15) is 5.75 Å². The van der Waals surface area contributed by atoms with Crippen molar-refractivity contribution >= 4 is 8.25 Å². The second-order valence-electron chi connectivity index (χ2n) is 9.83. The first-order chi connectivity index (χ1) is 14.9. The second-order valence-corrected chi connectivity index (χ2v) is 10.6. The van der Waals surface area contributed by atoms with Crippen LogP contribution in [-0.2, 0) is 26.5 Å². The van der Waals surface area contributed by atoms with Crippen LogP contribution in [0.5, 0.6) is 5.75 Å². The van der Waals surface area contributed by atoms with Crippen LogP contribution >= 0.6 is 8.25 Å². The lowest BCUT2D eigenvalue weighted by atomic mass is 9.78. The van der Waals surface area contributed by atoms with Crippen molar-refractivity contribution in [2.45, 2.75) is 59.0 Å². The summed E-state index contributed by atoms with van der Waals surface area (Å²) in [4.78, 5) is 8.80. The van der Waals surface area contributed by atoms with Crippen LogP contribution in [0, 0.1) is 0 Å². The molecule has 1 unspecified atom stereocenters. The SMILES string of the molecule is CC(C)(C)c1cc(CO[PH](=O)O)cc(C(C)(C)C)c1O.c1ccc(-c2ccccc2)cc1. The lowest BCUT2D eigenvalue weighted by Crippen LogP contribution is -2.18. The molecule has 5 heteroatoms. The first-order valence-electron chi connectivity index (χ1n) is 10.7. The molecule has 0 heterocycles. The van der Waals surface area contributed by atoms with Gasteiger partial charge in [0.05, 0.1) is 6.61 Å². The van der Waals surface area contributed by atoms with Crippen molar-refractivity contribution in [3.05, 3.63) is 89.5 Å². The Morgan fingerprint density at radius 2 is 1.12 bits per heavy atom. The molecule has 1 atom stereocenters. The molecule has 0 bridgehead atoms. The Morgan fingerprint density at radius 1 is 0.750 bits per heavy atom. The highest BCUT2D eigenvalue weighted by Crippen LogP contribution is 2.40. The number of phenolic OH excluding ortho intramolecular Hbond substituents is 1. The van der Waals surface area contributed by atoms with Gasteiger partial charge in [0.15, 0.2) is 0 Å². The molecule has 0 radical (unpaired) electrons. The van der Waals surface area contributed by atoms with E-state index in [1.165, 1.54) is 11.1 Å². The topological polar surface area (TPSA) is 66.8 Å². The van der Waals surface area contributed by atoms with E-state index < -0.39 is 8.25 Å². The van der Waals surface area contributed by atoms with Gasteiger partial charge in [0.2, 0.25) is 0 Å². The van der Waals surface area contributed by atoms with E-state index in [0.29, 0.717) is 5.75 Å². The quantitative estimate of drug-likeness (QED) is 0.408. The van der Waals surface area contributed by atoms with Gasteiger partial charge in [-0.25, -0.2) is 0 Å². The highest BCUT2D eigenvalue weighted by molar-refractivity contribution is 7.32. The zero-order valence-electron chi connectivity index (χ0n) is 19.8. The average molecular weight is 455 g/mol. The molecule has 0 saturated carbocycles. The normalized spacial score (nSPS) is 12.6. The molecular weight excluding hydrogens is 419 g/mol. The molecule has 172 valence electrons. The van der Waals surface area contributed by atoms with Crippen LogP contribution < -0.4 is 0 Å². The predicted octanol–water partition coefficient (Wildman–Crippen LogP) is 7.24. The van der Waals surface area contributed by atoms with Crippen LogP contribution in [0.25, 0.3) is 11.1 Å². The van der Waals surface area contributed by atoms with Crippen molar-refractivity contribution in [2.75, 3.05) is 0 Å². The van der Waals surface area contributed by atoms with Crippen molar-refractivity contribution in [1.82, 2.24) is 0 Å². The van der Waals surface area contributed by atoms with Gasteiger partial charge in [-0.3, -0.25) is 4.57 Å². The maximum absolute atomic E-state index is 10.7. The predicted molar refractivity (Wildman–Crippen MR) is 133 cm³/mol. The van der Waals surface area contributed by atoms with Gasteiger partial charge >= 0.3 is 8.25 Å². The third-order valence-electron chi connectivity index (χ3n) is 5.03. The van der Waals surface area contributed by atoms with Crippen molar-refractivity contribution < 1.29 is 19.1 Å². The van der Waals surface area contributed by atoms with Crippen LogP contribution in [0.15, 0.2) is 72.8 Å². The van der Waals surface area contributed by atoms with E-state index in [2.05, 4.69) is 48.5 Å². The Labute approximate surface area is 192 Å². The monoisotopic (exact) mass is 454 g/mol. The minimum Gasteiger partial charge on any atom is -0.507 e. The molecule has 3 rings (SSSR count). The summed E-state index contributed by atoms with van der Waals surface area (Å²) in [5, 5.41) is 10.5. The third kappa shape index (κ3) is 7.63. The van der Waals surface area contributed by atoms with Gasteiger partial charge in [0.25, 0.3) is 0 Å². The summed E-state index contributed by atoms with van der Waals surface area (Å²) in [7, 11) is -2.95. The Balaban J connectivity index is 0.000000255. The van der Waals surface area contributed by atoms with Gasteiger partial charge in [-0.05, 0) is 50.8 Å². The van der Waals surface area contributed by atoms with Crippen molar-refractivity contribution in [3.8, 4) is 16.9 Å². The molecule has 0 aromatic heterocycles. The fourth-order valence-electron chi connectivity index (χ4n) is 3.33. The first kappa shape index (κ1) is 25.9.